The third-order valence-corrected chi connectivity index (χ3v) is 11.5. The number of nitrogens with zero attached hydrogens (tertiary/aromatic N) is 1. The van der Waals surface area contributed by atoms with Gasteiger partial charge >= 0.3 is 0 Å². The second-order valence-electron chi connectivity index (χ2n) is 13.3. The Balaban J connectivity index is 1.11. The molecule has 1 heterocycles. The quantitative estimate of drug-likeness (QED) is 0.169. The molecular weight excluding hydrogens is 647 g/mol. The number of thiophene rings is 1. The molecule has 1 nitrogen and oxygen atoms in total. The maximum Gasteiger partial charge on any atom is 0.0540 e. The van der Waals surface area contributed by atoms with E-state index in [-0.39, 0.29) is 0 Å². The molecule has 0 atom stereocenters. The zero-order valence-corrected chi connectivity index (χ0v) is 29.2. The molecule has 0 radical (unpaired) electrons. The predicted octanol–water partition coefficient (Wildman–Crippen LogP) is 14.8. The Morgan fingerprint density at radius 1 is 0.288 bits per heavy atom. The van der Waals surface area contributed by atoms with Gasteiger partial charge in [0.25, 0.3) is 0 Å². The van der Waals surface area contributed by atoms with Gasteiger partial charge in [0.05, 0.1) is 5.69 Å². The van der Waals surface area contributed by atoms with E-state index >= 15 is 0 Å². The molecule has 52 heavy (non-hydrogen) atoms. The molecular formula is C50H33NS. The predicted molar refractivity (Wildman–Crippen MR) is 225 cm³/mol. The van der Waals surface area contributed by atoms with E-state index in [9.17, 15) is 0 Å². The minimum Gasteiger partial charge on any atom is -0.310 e. The van der Waals surface area contributed by atoms with E-state index in [0.717, 1.165) is 17.1 Å². The average Bonchev–Trinajstić information content (AvgIpc) is 3.61. The Morgan fingerprint density at radius 3 is 1.50 bits per heavy atom. The molecule has 10 aromatic rings. The van der Waals surface area contributed by atoms with Gasteiger partial charge in [-0.05, 0) is 80.6 Å². The molecule has 244 valence electrons. The van der Waals surface area contributed by atoms with Crippen molar-refractivity contribution in [2.45, 2.75) is 0 Å². The molecule has 2 heteroatoms. The molecule has 0 unspecified atom stereocenters. The molecule has 0 amide bonds. The van der Waals surface area contributed by atoms with Gasteiger partial charge in [0, 0.05) is 42.3 Å². The van der Waals surface area contributed by atoms with Crippen molar-refractivity contribution in [1.29, 1.82) is 0 Å². The zero-order valence-electron chi connectivity index (χ0n) is 28.4. The third kappa shape index (κ3) is 5.16. The van der Waals surface area contributed by atoms with Crippen molar-refractivity contribution in [1.82, 2.24) is 0 Å². The van der Waals surface area contributed by atoms with Crippen LogP contribution in [0.1, 0.15) is 0 Å². The van der Waals surface area contributed by atoms with E-state index in [1.165, 1.54) is 75.1 Å². The first-order chi connectivity index (χ1) is 25.8. The highest BCUT2D eigenvalue weighted by Crippen LogP contribution is 2.44. The topological polar surface area (TPSA) is 3.24 Å². The van der Waals surface area contributed by atoms with Crippen LogP contribution < -0.4 is 4.90 Å². The highest BCUT2D eigenvalue weighted by atomic mass is 32.1. The normalized spacial score (nSPS) is 11.5. The van der Waals surface area contributed by atoms with E-state index in [1.807, 2.05) is 11.3 Å². The van der Waals surface area contributed by atoms with E-state index in [1.54, 1.807) is 0 Å². The summed E-state index contributed by atoms with van der Waals surface area (Å²) in [5, 5.41) is 7.70. The monoisotopic (exact) mass is 679 g/mol. The number of hydrogen-bond donors (Lipinski definition) is 0. The Kier molecular flexibility index (Phi) is 7.41. The van der Waals surface area contributed by atoms with Crippen LogP contribution >= 0.6 is 11.3 Å². The van der Waals surface area contributed by atoms with E-state index in [0.29, 0.717) is 0 Å². The number of fused-ring (bicyclic) bond motifs is 6. The van der Waals surface area contributed by atoms with Crippen LogP contribution in [0.25, 0.3) is 75.1 Å². The summed E-state index contributed by atoms with van der Waals surface area (Å²) in [4.78, 5) is 2.40. The highest BCUT2D eigenvalue weighted by molar-refractivity contribution is 7.26. The second kappa shape index (κ2) is 12.7. The molecule has 0 aliphatic rings. The van der Waals surface area contributed by atoms with Crippen molar-refractivity contribution in [2.75, 3.05) is 4.90 Å². The summed E-state index contributed by atoms with van der Waals surface area (Å²) >= 11 is 1.89. The van der Waals surface area contributed by atoms with Gasteiger partial charge in [0.2, 0.25) is 0 Å². The lowest BCUT2D eigenvalue weighted by atomic mass is 9.95. The van der Waals surface area contributed by atoms with Gasteiger partial charge in [0.1, 0.15) is 0 Å². The van der Waals surface area contributed by atoms with Crippen molar-refractivity contribution >= 4 is 70.1 Å². The van der Waals surface area contributed by atoms with Gasteiger partial charge in [-0.3, -0.25) is 0 Å². The van der Waals surface area contributed by atoms with Gasteiger partial charge in [-0.25, -0.2) is 0 Å². The van der Waals surface area contributed by atoms with Crippen LogP contribution in [0.3, 0.4) is 0 Å². The molecule has 10 rings (SSSR count). The van der Waals surface area contributed by atoms with Crippen LogP contribution in [0.5, 0.6) is 0 Å². The van der Waals surface area contributed by atoms with Crippen molar-refractivity contribution in [3.63, 3.8) is 0 Å². The largest absolute Gasteiger partial charge is 0.310 e. The third-order valence-electron chi connectivity index (χ3n) is 10.3. The summed E-state index contributed by atoms with van der Waals surface area (Å²) in [7, 11) is 0. The van der Waals surface area contributed by atoms with Gasteiger partial charge in [-0.2, -0.15) is 0 Å². The van der Waals surface area contributed by atoms with E-state index < -0.39 is 0 Å². The fourth-order valence-electron chi connectivity index (χ4n) is 7.79. The summed E-state index contributed by atoms with van der Waals surface area (Å²) in [6.45, 7) is 0. The maximum absolute atomic E-state index is 2.40. The van der Waals surface area contributed by atoms with Crippen LogP contribution in [0.4, 0.5) is 17.1 Å². The smallest absolute Gasteiger partial charge is 0.0540 e. The summed E-state index contributed by atoms with van der Waals surface area (Å²) in [5.74, 6) is 0. The average molecular weight is 680 g/mol. The Hall–Kier alpha value is -6.48. The first-order valence-electron chi connectivity index (χ1n) is 17.8. The number of anilines is 3. The van der Waals surface area contributed by atoms with Crippen LogP contribution in [-0.2, 0) is 0 Å². The minimum absolute atomic E-state index is 1.11. The molecule has 0 spiro atoms. The maximum atomic E-state index is 2.40. The SMILES string of the molecule is c1ccc(-c2ccc(N(c3ccc(-c4cccc5c4ccc4c6ccccc6sc54)cc3)c3ccc(-c4ccccc4)c4ccccc34)cc2)cc1. The van der Waals surface area contributed by atoms with Gasteiger partial charge in [-0.1, -0.05) is 164 Å². The van der Waals surface area contributed by atoms with Gasteiger partial charge in [0.15, 0.2) is 0 Å². The van der Waals surface area contributed by atoms with Crippen molar-refractivity contribution in [3.8, 4) is 33.4 Å². The van der Waals surface area contributed by atoms with Crippen molar-refractivity contribution < 1.29 is 0 Å². The van der Waals surface area contributed by atoms with Crippen LogP contribution in [0, 0.1) is 0 Å². The molecule has 0 bridgehead atoms. The fraction of sp³-hybridized carbons (Fsp3) is 0. The highest BCUT2D eigenvalue weighted by Gasteiger charge is 2.18. The molecule has 0 fully saturated rings. The standard InChI is InChI=1S/C50H33NS/c1-3-12-34(13-4-1)35-22-26-38(27-23-35)51(48-33-32-41(36-14-5-2-6-15-36)42-16-7-8-17-44(42)48)39-28-24-37(25-29-39)40-19-11-20-46-43(40)30-31-47-45-18-9-10-21-49(45)52-50(46)47/h1-33H. The van der Waals surface area contributed by atoms with Crippen molar-refractivity contribution in [3.05, 3.63) is 200 Å². The molecule has 1 aromatic heterocycles. The van der Waals surface area contributed by atoms with Crippen LogP contribution in [-0.4, -0.2) is 0 Å². The molecule has 0 aliphatic carbocycles. The van der Waals surface area contributed by atoms with Gasteiger partial charge in [-0.15, -0.1) is 11.3 Å². The van der Waals surface area contributed by atoms with Crippen molar-refractivity contribution in [2.24, 2.45) is 0 Å². The summed E-state index contributed by atoms with van der Waals surface area (Å²) < 4.78 is 2.69. The van der Waals surface area contributed by atoms with Gasteiger partial charge < -0.3 is 4.90 Å². The van der Waals surface area contributed by atoms with E-state index in [4.69, 9.17) is 0 Å². The Labute approximate surface area is 307 Å². The molecule has 0 N–H and O–H groups in total. The Bertz CT molecular complexity index is 2870. The lowest BCUT2D eigenvalue weighted by Crippen LogP contribution is -2.10. The summed E-state index contributed by atoms with van der Waals surface area (Å²) in [5.41, 5.74) is 10.7. The number of benzene rings is 9. The number of rotatable bonds is 6. The molecule has 0 saturated heterocycles. The Morgan fingerprint density at radius 2 is 0.769 bits per heavy atom. The molecule has 0 saturated carbocycles. The fourth-order valence-corrected chi connectivity index (χ4v) is 9.02. The summed E-state index contributed by atoms with van der Waals surface area (Å²) in [6.07, 6.45) is 0. The second-order valence-corrected chi connectivity index (χ2v) is 14.3. The first kappa shape index (κ1) is 30.4. The summed E-state index contributed by atoms with van der Waals surface area (Å²) in [6, 6.07) is 72.8. The van der Waals surface area contributed by atoms with E-state index in [2.05, 4.69) is 205 Å². The van der Waals surface area contributed by atoms with Crippen LogP contribution in [0.15, 0.2) is 200 Å². The molecule has 0 aliphatic heterocycles. The minimum atomic E-state index is 1.11. The lowest BCUT2D eigenvalue weighted by molar-refractivity contribution is 1.30. The molecule has 9 aromatic carbocycles. The first-order valence-corrected chi connectivity index (χ1v) is 18.6. The van der Waals surface area contributed by atoms with Crippen LogP contribution in [0.2, 0.25) is 0 Å². The number of hydrogen-bond acceptors (Lipinski definition) is 2. The zero-order chi connectivity index (χ0) is 34.4. The lowest BCUT2D eigenvalue weighted by Gasteiger charge is -2.28.